The topological polar surface area (TPSA) is 104 Å². The number of fused-ring (bicyclic) bond motifs is 1. The molecule has 1 unspecified atom stereocenters. The summed E-state index contributed by atoms with van der Waals surface area (Å²) in [4.78, 5) is 39.4. The Kier molecular flexibility index (Phi) is 7.20. The Balaban J connectivity index is 1.79. The van der Waals surface area contributed by atoms with Crippen molar-refractivity contribution in [3.63, 3.8) is 0 Å². The van der Waals surface area contributed by atoms with Crippen LogP contribution in [0, 0.1) is 0 Å². The Morgan fingerprint density at radius 3 is 2.53 bits per heavy atom. The first-order valence-electron chi connectivity index (χ1n) is 10.1. The van der Waals surface area contributed by atoms with Gasteiger partial charge in [-0.05, 0) is 43.7 Å². The fourth-order valence-electron chi connectivity index (χ4n) is 3.53. The van der Waals surface area contributed by atoms with Gasteiger partial charge in [-0.1, -0.05) is 35.9 Å². The van der Waals surface area contributed by atoms with Crippen LogP contribution in [0.3, 0.4) is 0 Å². The molecule has 0 fully saturated rings. The first-order chi connectivity index (χ1) is 15.2. The lowest BCUT2D eigenvalue weighted by Crippen LogP contribution is -2.48. The Morgan fingerprint density at radius 1 is 1.16 bits per heavy atom. The van der Waals surface area contributed by atoms with E-state index in [9.17, 15) is 22.8 Å². The van der Waals surface area contributed by atoms with Crippen LogP contribution in [0.25, 0.3) is 0 Å². The highest BCUT2D eigenvalue weighted by atomic mass is 35.5. The van der Waals surface area contributed by atoms with Crippen molar-refractivity contribution in [1.29, 1.82) is 0 Å². The molecule has 3 amide bonds. The molecule has 10 heteroatoms. The number of sulfonamides is 1. The van der Waals surface area contributed by atoms with Gasteiger partial charge in [-0.25, -0.2) is 12.7 Å². The second kappa shape index (κ2) is 9.70. The van der Waals surface area contributed by atoms with Crippen LogP contribution in [0.4, 0.5) is 0 Å². The number of nitrogens with zero attached hydrogens (tertiary/aromatic N) is 2. The Labute approximate surface area is 192 Å². The number of rotatable bonds is 8. The van der Waals surface area contributed by atoms with E-state index in [0.717, 1.165) is 5.56 Å². The zero-order chi connectivity index (χ0) is 23.5. The van der Waals surface area contributed by atoms with Crippen molar-refractivity contribution in [2.45, 2.75) is 37.8 Å². The minimum absolute atomic E-state index is 0.0658. The first-order valence-corrected chi connectivity index (χ1v) is 12.0. The summed E-state index contributed by atoms with van der Waals surface area (Å²) < 4.78 is 26.2. The predicted octanol–water partition coefficient (Wildman–Crippen LogP) is 2.43. The van der Waals surface area contributed by atoms with Gasteiger partial charge in [0.25, 0.3) is 15.9 Å². The van der Waals surface area contributed by atoms with Gasteiger partial charge in [-0.2, -0.15) is 0 Å². The number of amides is 3. The average molecular weight is 478 g/mol. The molecular weight excluding hydrogens is 454 g/mol. The van der Waals surface area contributed by atoms with Crippen LogP contribution in [0.5, 0.6) is 0 Å². The highest BCUT2D eigenvalue weighted by molar-refractivity contribution is 7.90. The second-order valence-corrected chi connectivity index (χ2v) is 9.62. The summed E-state index contributed by atoms with van der Waals surface area (Å²) in [6, 6.07) is 12.0. The van der Waals surface area contributed by atoms with E-state index >= 15 is 0 Å². The summed E-state index contributed by atoms with van der Waals surface area (Å²) in [5.41, 5.74) is 0.811. The number of carbonyl (C=O) groups excluding carboxylic acids is 3. The van der Waals surface area contributed by atoms with Crippen molar-refractivity contribution in [3.05, 3.63) is 64.7 Å². The van der Waals surface area contributed by atoms with E-state index in [1.54, 1.807) is 50.2 Å². The molecular formula is C22H24ClN3O5S. The van der Waals surface area contributed by atoms with E-state index in [0.29, 0.717) is 15.9 Å². The van der Waals surface area contributed by atoms with Crippen molar-refractivity contribution in [2.24, 2.45) is 0 Å². The van der Waals surface area contributed by atoms with Crippen LogP contribution in [0.2, 0.25) is 5.02 Å². The molecule has 1 aliphatic heterocycles. The van der Waals surface area contributed by atoms with Gasteiger partial charge < -0.3 is 10.2 Å². The van der Waals surface area contributed by atoms with Gasteiger partial charge in [-0.3, -0.25) is 14.4 Å². The summed E-state index contributed by atoms with van der Waals surface area (Å²) in [7, 11) is -4.01. The molecule has 8 nitrogen and oxygen atoms in total. The number of hydrogen-bond donors (Lipinski definition) is 1. The summed E-state index contributed by atoms with van der Waals surface area (Å²) in [5.74, 6) is -1.45. The lowest BCUT2D eigenvalue weighted by atomic mass is 10.1. The lowest BCUT2D eigenvalue weighted by molar-refractivity contribution is -0.140. The van der Waals surface area contributed by atoms with Gasteiger partial charge >= 0.3 is 0 Å². The van der Waals surface area contributed by atoms with Gasteiger partial charge in [0.05, 0.1) is 5.56 Å². The van der Waals surface area contributed by atoms with Crippen molar-refractivity contribution in [1.82, 2.24) is 14.5 Å². The molecule has 0 saturated heterocycles. The fourth-order valence-corrected chi connectivity index (χ4v) is 5.31. The van der Waals surface area contributed by atoms with E-state index in [-0.39, 0.29) is 35.9 Å². The first kappa shape index (κ1) is 23.7. The molecule has 32 heavy (non-hydrogen) atoms. The van der Waals surface area contributed by atoms with Crippen LogP contribution in [0.15, 0.2) is 53.4 Å². The fraction of sp³-hybridized carbons (Fsp3) is 0.318. The molecule has 1 N–H and O–H groups in total. The van der Waals surface area contributed by atoms with E-state index in [1.165, 1.54) is 17.0 Å². The summed E-state index contributed by atoms with van der Waals surface area (Å²) >= 11 is 6.05. The molecule has 0 saturated carbocycles. The maximum absolute atomic E-state index is 13.1. The van der Waals surface area contributed by atoms with Crippen molar-refractivity contribution in [2.75, 3.05) is 13.1 Å². The predicted molar refractivity (Wildman–Crippen MR) is 119 cm³/mol. The molecule has 0 aromatic heterocycles. The van der Waals surface area contributed by atoms with Crippen molar-refractivity contribution < 1.29 is 22.8 Å². The maximum Gasteiger partial charge on any atom is 0.269 e. The number of carbonyl (C=O) groups is 3. The number of likely N-dealkylation sites (N-methyl/N-ethyl adjacent to an activating group) is 1. The molecule has 0 spiro atoms. The highest BCUT2D eigenvalue weighted by Crippen LogP contribution is 2.30. The molecule has 3 rings (SSSR count). The van der Waals surface area contributed by atoms with Gasteiger partial charge in [0.2, 0.25) is 11.8 Å². The van der Waals surface area contributed by atoms with Gasteiger partial charge in [-0.15, -0.1) is 0 Å². The molecule has 1 atom stereocenters. The third-order valence-corrected chi connectivity index (χ3v) is 7.28. The molecule has 170 valence electrons. The third kappa shape index (κ3) is 4.78. The minimum Gasteiger partial charge on any atom is -0.355 e. The summed E-state index contributed by atoms with van der Waals surface area (Å²) in [6.45, 7) is 3.57. The molecule has 2 aromatic rings. The molecule has 0 aliphatic carbocycles. The average Bonchev–Trinajstić information content (AvgIpc) is 2.95. The molecule has 1 aliphatic rings. The largest absolute Gasteiger partial charge is 0.355 e. The maximum atomic E-state index is 13.1. The normalized spacial score (nSPS) is 15.2. The summed E-state index contributed by atoms with van der Waals surface area (Å²) in [6.07, 6.45) is -0.261. The van der Waals surface area contributed by atoms with Gasteiger partial charge in [0, 0.05) is 31.1 Å². The molecule has 1 heterocycles. The van der Waals surface area contributed by atoms with Crippen molar-refractivity contribution in [3.8, 4) is 0 Å². The zero-order valence-electron chi connectivity index (χ0n) is 17.7. The Bertz CT molecular complexity index is 1150. The smallest absolute Gasteiger partial charge is 0.269 e. The highest BCUT2D eigenvalue weighted by Gasteiger charge is 2.41. The van der Waals surface area contributed by atoms with Crippen LogP contribution in [-0.4, -0.2) is 54.5 Å². The van der Waals surface area contributed by atoms with E-state index in [1.807, 2.05) is 0 Å². The molecule has 2 aromatic carbocycles. The third-order valence-electron chi connectivity index (χ3n) is 5.20. The van der Waals surface area contributed by atoms with Crippen LogP contribution in [-0.2, 0) is 26.2 Å². The minimum atomic E-state index is -4.01. The second-order valence-electron chi connectivity index (χ2n) is 7.35. The summed E-state index contributed by atoms with van der Waals surface area (Å²) in [5, 5.41) is 3.18. The van der Waals surface area contributed by atoms with Crippen LogP contribution in [0.1, 0.15) is 36.2 Å². The number of benzene rings is 2. The Morgan fingerprint density at radius 2 is 1.88 bits per heavy atom. The molecule has 0 radical (unpaired) electrons. The SMILES string of the molecule is CCNC(=O)C(C)N(Cc1cccc(Cl)c1)C(=O)CCN1C(=O)c2ccccc2S1(=O)=O. The standard InChI is InChI=1S/C22H24ClN3O5S/c1-3-24-21(28)15(2)25(14-16-7-6-8-17(23)13-16)20(27)11-12-26-22(29)18-9-4-5-10-19(18)32(26,30)31/h4-10,13,15H,3,11-12,14H2,1-2H3,(H,24,28). The number of hydrogen-bond acceptors (Lipinski definition) is 5. The van der Waals surface area contributed by atoms with Crippen LogP contribution < -0.4 is 5.32 Å². The van der Waals surface area contributed by atoms with Gasteiger partial charge in [0.15, 0.2) is 0 Å². The van der Waals surface area contributed by atoms with Gasteiger partial charge in [0.1, 0.15) is 10.9 Å². The quantitative estimate of drug-likeness (QED) is 0.628. The monoisotopic (exact) mass is 477 g/mol. The van der Waals surface area contributed by atoms with E-state index in [2.05, 4.69) is 5.32 Å². The van der Waals surface area contributed by atoms with E-state index < -0.39 is 27.9 Å². The Hall–Kier alpha value is -2.91. The lowest BCUT2D eigenvalue weighted by Gasteiger charge is -2.29. The number of halogens is 1. The van der Waals surface area contributed by atoms with E-state index in [4.69, 9.17) is 11.6 Å². The van der Waals surface area contributed by atoms with Crippen LogP contribution >= 0.6 is 11.6 Å². The number of nitrogens with one attached hydrogen (secondary N) is 1. The van der Waals surface area contributed by atoms with Crippen molar-refractivity contribution >= 4 is 39.3 Å². The zero-order valence-corrected chi connectivity index (χ0v) is 19.3. The molecule has 0 bridgehead atoms.